The van der Waals surface area contributed by atoms with Gasteiger partial charge in [-0.15, -0.1) is 0 Å². The highest BCUT2D eigenvalue weighted by molar-refractivity contribution is 5.40. The molecule has 0 fully saturated rings. The second kappa shape index (κ2) is 68.3. The predicted molar refractivity (Wildman–Crippen MR) is 373 cm³/mol. The van der Waals surface area contributed by atoms with Gasteiger partial charge in [-0.1, -0.05) is 451 Å². The molecule has 0 aromatic heterocycles. The fourth-order valence-electron chi connectivity index (χ4n) is 13.8. The van der Waals surface area contributed by atoms with Crippen molar-refractivity contribution >= 4 is 0 Å². The topological polar surface area (TPSA) is 0 Å². The molecule has 0 heterocycles. The van der Waals surface area contributed by atoms with Crippen molar-refractivity contribution in [3.05, 3.63) is 34.4 Å². The van der Waals surface area contributed by atoms with Gasteiger partial charge in [0.15, 0.2) is 0 Å². The van der Waals surface area contributed by atoms with Crippen molar-refractivity contribution in [2.75, 3.05) is 0 Å². The number of hydrogen-bond donors (Lipinski definition) is 0. The molecule has 0 radical (unpaired) electrons. The van der Waals surface area contributed by atoms with Crippen molar-refractivity contribution in [2.45, 2.75) is 484 Å². The molecule has 1 aromatic carbocycles. The van der Waals surface area contributed by atoms with Crippen LogP contribution in [0.3, 0.4) is 0 Å². The quantitative estimate of drug-likeness (QED) is 0.0570. The van der Waals surface area contributed by atoms with Gasteiger partial charge in [-0.05, 0) is 67.2 Å². The van der Waals surface area contributed by atoms with Crippen LogP contribution < -0.4 is 0 Å². The van der Waals surface area contributed by atoms with Crippen molar-refractivity contribution in [3.8, 4) is 0 Å². The average Bonchev–Trinajstić information content (AvgIpc) is 3.47. The molecule has 0 spiro atoms. The van der Waals surface area contributed by atoms with E-state index >= 15 is 0 Å². The molecule has 0 atom stereocenters. The zero-order valence-electron chi connectivity index (χ0n) is 57.4. The van der Waals surface area contributed by atoms with Crippen molar-refractivity contribution in [2.24, 2.45) is 0 Å². The summed E-state index contributed by atoms with van der Waals surface area (Å²) in [7, 11) is 0. The normalized spacial score (nSPS) is 11.8. The third-order valence-corrected chi connectivity index (χ3v) is 19.4. The minimum Gasteiger partial charge on any atom is -0.0654 e. The Bertz CT molecular complexity index is 1220. The Morgan fingerprint density at radius 1 is 0.148 bits per heavy atom. The van der Waals surface area contributed by atoms with Crippen LogP contribution in [0.25, 0.3) is 0 Å². The van der Waals surface area contributed by atoms with Crippen LogP contribution in [-0.2, 0) is 25.7 Å². The maximum absolute atomic E-state index is 2.70. The van der Waals surface area contributed by atoms with Crippen LogP contribution >= 0.6 is 0 Å². The van der Waals surface area contributed by atoms with E-state index in [1.54, 1.807) is 16.7 Å². The van der Waals surface area contributed by atoms with Gasteiger partial charge >= 0.3 is 0 Å². The van der Waals surface area contributed by atoms with Crippen molar-refractivity contribution in [1.82, 2.24) is 0 Å². The fourth-order valence-corrected chi connectivity index (χ4v) is 13.8. The number of hydrogen-bond acceptors (Lipinski definition) is 0. The van der Waals surface area contributed by atoms with E-state index in [0.717, 1.165) is 0 Å². The molecular formula is C81H156. The van der Waals surface area contributed by atoms with Crippen LogP contribution in [-0.4, -0.2) is 0 Å². The van der Waals surface area contributed by atoms with E-state index in [9.17, 15) is 0 Å². The molecule has 0 nitrogen and oxygen atoms in total. The average molecular weight is 1130 g/mol. The summed E-state index contributed by atoms with van der Waals surface area (Å²) in [5.74, 6) is 0. The lowest BCUT2D eigenvalue weighted by Gasteiger charge is -2.18. The Balaban J connectivity index is 2.38. The van der Waals surface area contributed by atoms with Crippen LogP contribution in [0.1, 0.15) is 480 Å². The molecule has 0 heteroatoms. The third kappa shape index (κ3) is 58.0. The highest BCUT2D eigenvalue weighted by atomic mass is 14.2. The van der Waals surface area contributed by atoms with Gasteiger partial charge in [0.1, 0.15) is 0 Å². The SMILES string of the molecule is CCCCCCCCCCCCCCCCCCCCCCCCc1cc(CCC)cc(CCCCCCCCCCCCCCCCCCCCCCCC)c1CCCCCCCCCCCCCCCCCCCCCCCC. The van der Waals surface area contributed by atoms with Gasteiger partial charge in [-0.25, -0.2) is 0 Å². The molecule has 0 unspecified atom stereocenters. The van der Waals surface area contributed by atoms with E-state index in [-0.39, 0.29) is 0 Å². The Morgan fingerprint density at radius 2 is 0.296 bits per heavy atom. The fraction of sp³-hybridized carbons (Fsp3) is 0.926. The Kier molecular flexibility index (Phi) is 66.0. The smallest absolute Gasteiger partial charge is 0.0273 e. The lowest BCUT2D eigenvalue weighted by molar-refractivity contribution is 0.518. The Morgan fingerprint density at radius 3 is 0.457 bits per heavy atom. The van der Waals surface area contributed by atoms with Crippen LogP contribution in [0.2, 0.25) is 0 Å². The molecule has 1 aromatic rings. The molecule has 0 aliphatic rings. The summed E-state index contributed by atoms with van der Waals surface area (Å²) in [4.78, 5) is 0. The van der Waals surface area contributed by atoms with Gasteiger partial charge in [0.2, 0.25) is 0 Å². The molecule has 0 saturated carbocycles. The van der Waals surface area contributed by atoms with E-state index in [2.05, 4.69) is 39.8 Å². The first-order valence-corrected chi connectivity index (χ1v) is 39.4. The van der Waals surface area contributed by atoms with E-state index in [4.69, 9.17) is 0 Å². The summed E-state index contributed by atoms with van der Waals surface area (Å²) < 4.78 is 0. The summed E-state index contributed by atoms with van der Waals surface area (Å²) in [6.45, 7) is 9.36. The van der Waals surface area contributed by atoms with Gasteiger partial charge in [-0.2, -0.15) is 0 Å². The predicted octanol–water partition coefficient (Wildman–Crippen LogP) is 30.1. The van der Waals surface area contributed by atoms with E-state index in [1.165, 1.54) is 456 Å². The van der Waals surface area contributed by atoms with E-state index in [1.807, 2.05) is 5.56 Å². The highest BCUT2D eigenvalue weighted by Gasteiger charge is 2.12. The van der Waals surface area contributed by atoms with Gasteiger partial charge in [0, 0.05) is 0 Å². The molecule has 0 saturated heterocycles. The minimum atomic E-state index is 1.26. The van der Waals surface area contributed by atoms with Crippen LogP contribution in [0.4, 0.5) is 0 Å². The zero-order valence-corrected chi connectivity index (χ0v) is 57.4. The summed E-state index contributed by atoms with van der Waals surface area (Å²) in [6, 6.07) is 5.41. The first kappa shape index (κ1) is 78.2. The summed E-state index contributed by atoms with van der Waals surface area (Å²) >= 11 is 0. The monoisotopic (exact) mass is 1130 g/mol. The van der Waals surface area contributed by atoms with Gasteiger partial charge in [0.25, 0.3) is 0 Å². The third-order valence-electron chi connectivity index (χ3n) is 19.4. The maximum atomic E-state index is 2.70. The number of benzene rings is 1. The number of rotatable bonds is 71. The lowest BCUT2D eigenvalue weighted by Crippen LogP contribution is -2.04. The molecule has 0 aliphatic heterocycles. The molecule has 0 bridgehead atoms. The summed E-state index contributed by atoms with van der Waals surface area (Å²) in [6.07, 6.45) is 103. The maximum Gasteiger partial charge on any atom is -0.0273 e. The molecule has 0 aliphatic carbocycles. The molecular weight excluding hydrogens is 973 g/mol. The van der Waals surface area contributed by atoms with Gasteiger partial charge < -0.3 is 0 Å². The molecule has 480 valence electrons. The molecule has 81 heavy (non-hydrogen) atoms. The van der Waals surface area contributed by atoms with Crippen LogP contribution in [0.5, 0.6) is 0 Å². The first-order chi connectivity index (χ1) is 40.3. The minimum absolute atomic E-state index is 1.26. The number of aryl methyl sites for hydroxylation is 3. The zero-order chi connectivity index (χ0) is 57.9. The van der Waals surface area contributed by atoms with Crippen molar-refractivity contribution in [1.29, 1.82) is 0 Å². The highest BCUT2D eigenvalue weighted by Crippen LogP contribution is 2.27. The van der Waals surface area contributed by atoms with Gasteiger partial charge in [-0.3, -0.25) is 0 Å². The Labute approximate surface area is 515 Å². The largest absolute Gasteiger partial charge is 0.0654 e. The van der Waals surface area contributed by atoms with Crippen LogP contribution in [0, 0.1) is 0 Å². The van der Waals surface area contributed by atoms with E-state index < -0.39 is 0 Å². The number of unbranched alkanes of at least 4 members (excludes halogenated alkanes) is 63. The lowest BCUT2D eigenvalue weighted by atomic mass is 9.87. The standard InChI is InChI=1S/C81H156/c1-5-9-12-15-18-21-24-27-30-33-36-39-42-45-48-51-54-57-60-63-66-69-73-79-76-78(72-8-4)77-80(74-70-67-64-61-58-55-52-49-46-43-40-37-34-31-28-25-22-19-16-13-10-6-2)81(79)75-71-68-65-62-59-56-53-50-47-44-41-38-35-32-29-26-23-20-17-14-11-7-3/h76-77H,5-75H2,1-4H3. The van der Waals surface area contributed by atoms with Crippen molar-refractivity contribution in [3.63, 3.8) is 0 Å². The summed E-state index contributed by atoms with van der Waals surface area (Å²) in [5, 5.41) is 0. The first-order valence-electron chi connectivity index (χ1n) is 39.4. The van der Waals surface area contributed by atoms with Crippen molar-refractivity contribution < 1.29 is 0 Å². The Hall–Kier alpha value is -0.780. The summed E-state index contributed by atoms with van der Waals surface area (Å²) in [5.41, 5.74) is 7.01. The molecule has 0 N–H and O–H groups in total. The second-order valence-electron chi connectivity index (χ2n) is 27.7. The second-order valence-corrected chi connectivity index (χ2v) is 27.7. The van der Waals surface area contributed by atoms with E-state index in [0.29, 0.717) is 0 Å². The molecule has 0 amide bonds. The van der Waals surface area contributed by atoms with Gasteiger partial charge in [0.05, 0.1) is 0 Å². The molecule has 1 rings (SSSR count). The van der Waals surface area contributed by atoms with Crippen LogP contribution in [0.15, 0.2) is 12.1 Å².